The lowest BCUT2D eigenvalue weighted by molar-refractivity contribution is -0.131. The van der Waals surface area contributed by atoms with Crippen LogP contribution in [0.3, 0.4) is 0 Å². The number of nitrogens with zero attached hydrogens (tertiary/aromatic N) is 1. The van der Waals surface area contributed by atoms with Crippen LogP contribution in [-0.2, 0) is 14.9 Å². The van der Waals surface area contributed by atoms with Crippen LogP contribution in [0.25, 0.3) is 0 Å². The lowest BCUT2D eigenvalue weighted by Crippen LogP contribution is -2.58. The lowest BCUT2D eigenvalue weighted by Gasteiger charge is -2.46. The van der Waals surface area contributed by atoms with Crippen LogP contribution in [0, 0.1) is 0 Å². The van der Waals surface area contributed by atoms with Gasteiger partial charge in [-0.25, -0.2) is 0 Å². The number of rotatable bonds is 7. The topological polar surface area (TPSA) is 61.8 Å². The van der Waals surface area contributed by atoms with Crippen molar-refractivity contribution in [2.24, 2.45) is 0 Å². The van der Waals surface area contributed by atoms with E-state index in [1.165, 1.54) is 19.3 Å². The molecular weight excluding hydrogens is 376 g/mol. The van der Waals surface area contributed by atoms with Gasteiger partial charge in [0.1, 0.15) is 0 Å². The molecule has 0 aromatic heterocycles. The first-order chi connectivity index (χ1) is 13.5. The molecule has 0 unspecified atom stereocenters. The third-order valence-electron chi connectivity index (χ3n) is 6.77. The Kier molecular flexibility index (Phi) is 7.37. The fraction of sp³-hybridized carbons (Fsp3) is 0.682. The van der Waals surface area contributed by atoms with Crippen molar-refractivity contribution >= 4 is 17.5 Å². The average Bonchev–Trinajstić information content (AvgIpc) is 2.73. The van der Waals surface area contributed by atoms with Gasteiger partial charge in [0.05, 0.1) is 12.0 Å². The summed E-state index contributed by atoms with van der Waals surface area (Å²) in [5.74, 6) is 0.0698. The summed E-state index contributed by atoms with van der Waals surface area (Å²) in [6.45, 7) is 2.54. The second kappa shape index (κ2) is 9.57. The number of amides is 1. The van der Waals surface area contributed by atoms with Gasteiger partial charge in [-0.1, -0.05) is 43.0 Å². The minimum atomic E-state index is -0.589. The number of hydrogen-bond acceptors (Lipinski definition) is 4. The van der Waals surface area contributed by atoms with Crippen molar-refractivity contribution < 1.29 is 14.6 Å². The van der Waals surface area contributed by atoms with E-state index in [1.807, 2.05) is 24.3 Å². The minimum absolute atomic E-state index is 0.0698. The predicted octanol–water partition coefficient (Wildman–Crippen LogP) is 3.13. The highest BCUT2D eigenvalue weighted by molar-refractivity contribution is 6.30. The molecule has 1 aliphatic heterocycles. The van der Waals surface area contributed by atoms with Gasteiger partial charge in [0.2, 0.25) is 5.91 Å². The Hall–Kier alpha value is -1.14. The molecule has 1 saturated carbocycles. The van der Waals surface area contributed by atoms with Crippen LogP contribution < -0.4 is 5.32 Å². The first kappa shape index (κ1) is 21.6. The Morgan fingerprint density at radius 3 is 2.57 bits per heavy atom. The highest BCUT2D eigenvalue weighted by Gasteiger charge is 2.43. The van der Waals surface area contributed by atoms with Gasteiger partial charge in [0.25, 0.3) is 0 Å². The molecule has 28 heavy (non-hydrogen) atoms. The molecule has 0 atom stereocenters. The van der Waals surface area contributed by atoms with Crippen molar-refractivity contribution in [2.45, 2.75) is 55.9 Å². The smallest absolute Gasteiger partial charge is 0.230 e. The zero-order valence-corrected chi connectivity index (χ0v) is 17.6. The molecular formula is C22H33ClN2O3. The summed E-state index contributed by atoms with van der Waals surface area (Å²) < 4.78 is 5.56. The minimum Gasteiger partial charge on any atom is -0.395 e. The van der Waals surface area contributed by atoms with Gasteiger partial charge >= 0.3 is 0 Å². The monoisotopic (exact) mass is 408 g/mol. The summed E-state index contributed by atoms with van der Waals surface area (Å²) in [4.78, 5) is 15.8. The van der Waals surface area contributed by atoms with E-state index < -0.39 is 5.41 Å². The molecule has 2 aliphatic rings. The second-order valence-electron chi connectivity index (χ2n) is 8.32. The van der Waals surface area contributed by atoms with Gasteiger partial charge < -0.3 is 15.2 Å². The number of likely N-dealkylation sites (N-methyl/N-ethyl adjacent to an activating group) is 1. The van der Waals surface area contributed by atoms with E-state index >= 15 is 0 Å². The van der Waals surface area contributed by atoms with Crippen molar-refractivity contribution in [2.75, 3.05) is 40.0 Å². The average molecular weight is 409 g/mol. The molecule has 1 aromatic rings. The molecule has 1 amide bonds. The molecule has 0 bridgehead atoms. The largest absolute Gasteiger partial charge is 0.395 e. The number of carbonyl (C=O) groups excluding carboxylic acids is 1. The van der Waals surface area contributed by atoms with E-state index in [2.05, 4.69) is 17.3 Å². The molecule has 2 fully saturated rings. The van der Waals surface area contributed by atoms with Crippen molar-refractivity contribution in [3.63, 3.8) is 0 Å². The molecule has 1 aliphatic carbocycles. The van der Waals surface area contributed by atoms with Crippen LogP contribution in [0.1, 0.15) is 50.5 Å². The molecule has 6 heteroatoms. The number of aliphatic hydroxyl groups excluding tert-OH is 1. The van der Waals surface area contributed by atoms with Crippen LogP contribution in [0.5, 0.6) is 0 Å². The third kappa shape index (κ3) is 4.54. The first-order valence-corrected chi connectivity index (χ1v) is 10.8. The Bertz CT molecular complexity index is 655. The van der Waals surface area contributed by atoms with Crippen LogP contribution in [0.15, 0.2) is 24.3 Å². The van der Waals surface area contributed by atoms with Gasteiger partial charge in [0, 0.05) is 36.9 Å². The molecule has 0 radical (unpaired) electrons. The van der Waals surface area contributed by atoms with Gasteiger partial charge in [0.15, 0.2) is 0 Å². The van der Waals surface area contributed by atoms with E-state index in [0.29, 0.717) is 44.2 Å². The Balaban J connectivity index is 1.79. The van der Waals surface area contributed by atoms with Crippen LogP contribution >= 0.6 is 11.6 Å². The van der Waals surface area contributed by atoms with Gasteiger partial charge in [-0.15, -0.1) is 0 Å². The number of nitrogens with one attached hydrogen (secondary N) is 1. The fourth-order valence-electron chi connectivity index (χ4n) is 4.86. The van der Waals surface area contributed by atoms with Crippen LogP contribution in [-0.4, -0.2) is 61.4 Å². The lowest BCUT2D eigenvalue weighted by atomic mass is 9.73. The molecule has 5 nitrogen and oxygen atoms in total. The van der Waals surface area contributed by atoms with Crippen LogP contribution in [0.2, 0.25) is 5.02 Å². The van der Waals surface area contributed by atoms with E-state index in [-0.39, 0.29) is 18.1 Å². The van der Waals surface area contributed by atoms with Crippen molar-refractivity contribution in [3.8, 4) is 0 Å². The molecule has 2 N–H and O–H groups in total. The number of benzene rings is 1. The SMILES string of the molecule is CN(CCO)C1(CNC(=O)C2(c3cccc(Cl)c3)CCOCC2)CCCCC1. The number of ether oxygens (including phenoxy) is 1. The molecule has 0 spiro atoms. The quantitative estimate of drug-likeness (QED) is 0.727. The summed E-state index contributed by atoms with van der Waals surface area (Å²) in [7, 11) is 2.06. The zero-order chi connectivity index (χ0) is 20.0. The summed E-state index contributed by atoms with van der Waals surface area (Å²) in [5, 5.41) is 13.4. The summed E-state index contributed by atoms with van der Waals surface area (Å²) >= 11 is 6.23. The third-order valence-corrected chi connectivity index (χ3v) is 7.00. The number of halogens is 1. The predicted molar refractivity (Wildman–Crippen MR) is 112 cm³/mol. The summed E-state index contributed by atoms with van der Waals surface area (Å²) in [6, 6.07) is 7.68. The number of aliphatic hydroxyl groups is 1. The number of hydrogen-bond donors (Lipinski definition) is 2. The highest BCUT2D eigenvalue weighted by atomic mass is 35.5. The van der Waals surface area contributed by atoms with E-state index in [9.17, 15) is 9.90 Å². The van der Waals surface area contributed by atoms with Crippen LogP contribution in [0.4, 0.5) is 0 Å². The van der Waals surface area contributed by atoms with E-state index in [4.69, 9.17) is 16.3 Å². The fourth-order valence-corrected chi connectivity index (χ4v) is 5.05. The van der Waals surface area contributed by atoms with Crippen molar-refractivity contribution in [1.29, 1.82) is 0 Å². The molecule has 1 heterocycles. The van der Waals surface area contributed by atoms with Crippen molar-refractivity contribution in [1.82, 2.24) is 10.2 Å². The summed E-state index contributed by atoms with van der Waals surface area (Å²) in [6.07, 6.45) is 7.01. The Morgan fingerprint density at radius 1 is 1.21 bits per heavy atom. The van der Waals surface area contributed by atoms with Gasteiger partial charge in [-0.3, -0.25) is 9.69 Å². The number of carbonyl (C=O) groups is 1. The van der Waals surface area contributed by atoms with E-state index in [0.717, 1.165) is 18.4 Å². The maximum Gasteiger partial charge on any atom is 0.230 e. The number of β-amino-alcohol motifs (C(OH)–C–C–N with tert-alkyl or cyclic N) is 1. The Labute approximate surface area is 173 Å². The standard InChI is InChI=1S/C22H33ClN2O3/c1-25(12-13-26)21(8-3-2-4-9-21)17-24-20(27)22(10-14-28-15-11-22)18-6-5-7-19(23)16-18/h5-7,16,26H,2-4,8-15,17H2,1H3,(H,24,27). The second-order valence-corrected chi connectivity index (χ2v) is 8.75. The maximum absolute atomic E-state index is 13.5. The highest BCUT2D eigenvalue weighted by Crippen LogP contribution is 2.37. The zero-order valence-electron chi connectivity index (χ0n) is 16.9. The molecule has 1 saturated heterocycles. The van der Waals surface area contributed by atoms with Gasteiger partial charge in [-0.05, 0) is 50.4 Å². The maximum atomic E-state index is 13.5. The van der Waals surface area contributed by atoms with E-state index in [1.54, 1.807) is 0 Å². The summed E-state index contributed by atoms with van der Waals surface area (Å²) in [5.41, 5.74) is 0.313. The molecule has 1 aromatic carbocycles. The molecule has 3 rings (SSSR count). The molecule has 156 valence electrons. The normalized spacial score (nSPS) is 21.4. The first-order valence-electron chi connectivity index (χ1n) is 10.5. The Morgan fingerprint density at radius 2 is 1.93 bits per heavy atom. The van der Waals surface area contributed by atoms with Crippen molar-refractivity contribution in [3.05, 3.63) is 34.9 Å². The van der Waals surface area contributed by atoms with Gasteiger partial charge in [-0.2, -0.15) is 0 Å².